The quantitative estimate of drug-likeness (QED) is 0.490. The predicted molar refractivity (Wildman–Crippen MR) is 137 cm³/mol. The van der Waals surface area contributed by atoms with Crippen molar-refractivity contribution in [3.05, 3.63) is 77.9 Å². The van der Waals surface area contributed by atoms with Crippen LogP contribution in [0.4, 0.5) is 0 Å². The van der Waals surface area contributed by atoms with Gasteiger partial charge in [-0.05, 0) is 29.3 Å². The molecular formula is C29H33N3O3. The zero-order chi connectivity index (χ0) is 24.8. The molecule has 0 saturated carbocycles. The first-order valence-electron chi connectivity index (χ1n) is 12.1. The van der Waals surface area contributed by atoms with Crippen LogP contribution in [-0.4, -0.2) is 69.3 Å². The number of methoxy groups -OCH3 is 2. The molecule has 1 saturated heterocycles. The molecule has 1 aliphatic heterocycles. The Morgan fingerprint density at radius 3 is 2.34 bits per heavy atom. The van der Waals surface area contributed by atoms with Crippen LogP contribution < -0.4 is 4.74 Å². The molecule has 1 amide bonds. The lowest BCUT2D eigenvalue weighted by Crippen LogP contribution is -2.54. The first-order chi connectivity index (χ1) is 17.0. The van der Waals surface area contributed by atoms with Crippen molar-refractivity contribution in [3.63, 3.8) is 0 Å². The number of nitrogens with zero attached hydrogens (tertiary/aromatic N) is 3. The topological polar surface area (TPSA) is 65.8 Å². The smallest absolute Gasteiger partial charge is 0.243 e. The summed E-state index contributed by atoms with van der Waals surface area (Å²) in [5.74, 6) is 0.0214. The number of rotatable bonds is 8. The van der Waals surface area contributed by atoms with Gasteiger partial charge in [0.15, 0.2) is 0 Å². The van der Waals surface area contributed by atoms with Crippen LogP contribution in [0.2, 0.25) is 0 Å². The van der Waals surface area contributed by atoms with E-state index in [2.05, 4.69) is 29.2 Å². The van der Waals surface area contributed by atoms with Gasteiger partial charge in [0.25, 0.3) is 0 Å². The number of nitriles is 1. The van der Waals surface area contributed by atoms with Gasteiger partial charge < -0.3 is 14.4 Å². The van der Waals surface area contributed by atoms with Crippen LogP contribution in [0.25, 0.3) is 10.8 Å². The molecule has 3 aromatic rings. The number of benzene rings is 3. The molecule has 6 nitrogen and oxygen atoms in total. The molecule has 1 fully saturated rings. The van der Waals surface area contributed by atoms with E-state index >= 15 is 0 Å². The lowest BCUT2D eigenvalue weighted by molar-refractivity contribution is -0.140. The minimum atomic E-state index is -1.33. The van der Waals surface area contributed by atoms with E-state index in [-0.39, 0.29) is 5.91 Å². The summed E-state index contributed by atoms with van der Waals surface area (Å²) in [7, 11) is 3.33. The van der Waals surface area contributed by atoms with Crippen molar-refractivity contribution in [2.24, 2.45) is 5.41 Å². The summed E-state index contributed by atoms with van der Waals surface area (Å²) in [5, 5.41) is 12.7. The third-order valence-electron chi connectivity index (χ3n) is 7.11. The van der Waals surface area contributed by atoms with E-state index in [0.717, 1.165) is 41.5 Å². The van der Waals surface area contributed by atoms with E-state index in [1.807, 2.05) is 53.4 Å². The number of carbonyl (C=O) groups excluding carboxylic acids is 1. The number of fused-ring (bicyclic) bond motifs is 1. The van der Waals surface area contributed by atoms with Gasteiger partial charge in [0, 0.05) is 51.3 Å². The molecular weight excluding hydrogens is 438 g/mol. The van der Waals surface area contributed by atoms with E-state index in [1.54, 1.807) is 21.1 Å². The Morgan fingerprint density at radius 1 is 0.971 bits per heavy atom. The number of para-hydroxylation sites is 1. The minimum absolute atomic E-state index is 0.143. The van der Waals surface area contributed by atoms with Crippen molar-refractivity contribution in [2.75, 3.05) is 53.6 Å². The summed E-state index contributed by atoms with van der Waals surface area (Å²) in [6, 6.07) is 24.4. The molecule has 0 aliphatic carbocycles. The molecule has 0 spiro atoms. The largest absolute Gasteiger partial charge is 0.496 e. The Bertz CT molecular complexity index is 1210. The summed E-state index contributed by atoms with van der Waals surface area (Å²) in [6.07, 6.45) is 0. The normalized spacial score (nSPS) is 16.9. The Hall–Kier alpha value is -3.40. The highest BCUT2D eigenvalue weighted by Gasteiger charge is 2.47. The van der Waals surface area contributed by atoms with Crippen molar-refractivity contribution < 1.29 is 14.3 Å². The van der Waals surface area contributed by atoms with Crippen LogP contribution in [-0.2, 0) is 9.53 Å². The first kappa shape index (κ1) is 24.7. The number of hydrogen-bond acceptors (Lipinski definition) is 5. The van der Waals surface area contributed by atoms with Crippen molar-refractivity contribution >= 4 is 16.7 Å². The maximum absolute atomic E-state index is 14.1. The van der Waals surface area contributed by atoms with Gasteiger partial charge in [-0.3, -0.25) is 9.69 Å². The number of amides is 1. The van der Waals surface area contributed by atoms with E-state index in [4.69, 9.17) is 9.47 Å². The zero-order valence-corrected chi connectivity index (χ0v) is 20.7. The van der Waals surface area contributed by atoms with Gasteiger partial charge in [-0.15, -0.1) is 0 Å². The van der Waals surface area contributed by atoms with E-state index in [9.17, 15) is 10.1 Å². The molecule has 182 valence electrons. The van der Waals surface area contributed by atoms with Gasteiger partial charge in [-0.1, -0.05) is 60.7 Å². The third-order valence-corrected chi connectivity index (χ3v) is 7.11. The van der Waals surface area contributed by atoms with Gasteiger partial charge in [0.2, 0.25) is 5.91 Å². The maximum Gasteiger partial charge on any atom is 0.243 e. The average Bonchev–Trinajstić information content (AvgIpc) is 2.92. The highest BCUT2D eigenvalue weighted by atomic mass is 16.5. The van der Waals surface area contributed by atoms with E-state index < -0.39 is 11.3 Å². The molecule has 1 aliphatic rings. The summed E-state index contributed by atoms with van der Waals surface area (Å²) >= 11 is 0. The van der Waals surface area contributed by atoms with Crippen LogP contribution in [0.5, 0.6) is 5.75 Å². The number of hydrogen-bond donors (Lipinski definition) is 0. The molecule has 0 N–H and O–H groups in total. The van der Waals surface area contributed by atoms with Crippen LogP contribution in [0, 0.1) is 16.7 Å². The standard InChI is InChI=1S/C29H33N3O3/c1-29(21-30,28(33)32-17-15-31(16-18-32)19-20-34-2)27(25-12-6-7-14-26(25)35-3)24-13-8-10-22-9-4-5-11-23(22)24/h4-14,27H,15-20H2,1-3H3/t27?,29-/m1/s1. The van der Waals surface area contributed by atoms with Crippen molar-refractivity contribution in [2.45, 2.75) is 12.8 Å². The number of ether oxygens (including phenoxy) is 2. The monoisotopic (exact) mass is 471 g/mol. The number of carbonyl (C=O) groups is 1. The summed E-state index contributed by atoms with van der Waals surface area (Å²) in [4.78, 5) is 18.3. The van der Waals surface area contributed by atoms with Crippen molar-refractivity contribution in [3.8, 4) is 11.8 Å². The van der Waals surface area contributed by atoms with Crippen LogP contribution in [0.1, 0.15) is 24.0 Å². The molecule has 4 rings (SSSR count). The zero-order valence-electron chi connectivity index (χ0n) is 20.7. The summed E-state index contributed by atoms with van der Waals surface area (Å²) in [5.41, 5.74) is 0.458. The Morgan fingerprint density at radius 2 is 1.63 bits per heavy atom. The van der Waals surface area contributed by atoms with E-state index in [1.165, 1.54) is 0 Å². The van der Waals surface area contributed by atoms with E-state index in [0.29, 0.717) is 25.4 Å². The minimum Gasteiger partial charge on any atom is -0.496 e. The van der Waals surface area contributed by atoms with Gasteiger partial charge in [0.05, 0.1) is 19.8 Å². The molecule has 35 heavy (non-hydrogen) atoms. The fourth-order valence-electron chi connectivity index (χ4n) is 5.16. The predicted octanol–water partition coefficient (Wildman–Crippen LogP) is 4.30. The Balaban J connectivity index is 1.79. The van der Waals surface area contributed by atoms with Crippen LogP contribution in [0.15, 0.2) is 66.7 Å². The first-order valence-corrected chi connectivity index (χ1v) is 12.1. The highest BCUT2D eigenvalue weighted by Crippen LogP contribution is 2.47. The number of piperazine rings is 1. The average molecular weight is 472 g/mol. The molecule has 0 radical (unpaired) electrons. The lowest BCUT2D eigenvalue weighted by Gasteiger charge is -2.40. The molecule has 1 heterocycles. The SMILES string of the molecule is COCCN1CCN(C(=O)[C@](C)(C#N)C(c2ccccc2OC)c2cccc3ccccc23)CC1. The fraction of sp³-hybridized carbons (Fsp3) is 0.379. The third kappa shape index (κ3) is 4.88. The molecule has 1 unspecified atom stereocenters. The summed E-state index contributed by atoms with van der Waals surface area (Å²) in [6.45, 7) is 6.01. The second-order valence-electron chi connectivity index (χ2n) is 9.18. The molecule has 3 aromatic carbocycles. The maximum atomic E-state index is 14.1. The fourth-order valence-corrected chi connectivity index (χ4v) is 5.16. The second kappa shape index (κ2) is 10.9. The van der Waals surface area contributed by atoms with Gasteiger partial charge >= 0.3 is 0 Å². The molecule has 0 bridgehead atoms. The molecule has 6 heteroatoms. The molecule has 2 atom stereocenters. The van der Waals surface area contributed by atoms with Gasteiger partial charge in [-0.2, -0.15) is 5.26 Å². The van der Waals surface area contributed by atoms with Gasteiger partial charge in [-0.25, -0.2) is 0 Å². The Kier molecular flexibility index (Phi) is 7.70. The highest BCUT2D eigenvalue weighted by molar-refractivity contribution is 5.91. The van der Waals surface area contributed by atoms with Crippen LogP contribution >= 0.6 is 0 Å². The Labute approximate surface area is 207 Å². The van der Waals surface area contributed by atoms with Crippen molar-refractivity contribution in [1.29, 1.82) is 5.26 Å². The summed E-state index contributed by atoms with van der Waals surface area (Å²) < 4.78 is 10.9. The lowest BCUT2D eigenvalue weighted by atomic mass is 9.68. The van der Waals surface area contributed by atoms with Crippen LogP contribution in [0.3, 0.4) is 0 Å². The van der Waals surface area contributed by atoms with Gasteiger partial charge in [0.1, 0.15) is 11.2 Å². The van der Waals surface area contributed by atoms with Crippen molar-refractivity contribution in [1.82, 2.24) is 9.80 Å². The molecule has 0 aromatic heterocycles. The second-order valence-corrected chi connectivity index (χ2v) is 9.18.